The van der Waals surface area contributed by atoms with Gasteiger partial charge >= 0.3 is 0 Å². The Bertz CT molecular complexity index is 727. The maximum absolute atomic E-state index is 12.5. The zero-order chi connectivity index (χ0) is 19.1. The zero-order valence-corrected chi connectivity index (χ0v) is 15.2. The normalized spacial score (nSPS) is 13.3. The van der Waals surface area contributed by atoms with Crippen molar-refractivity contribution in [2.75, 3.05) is 5.32 Å². The third-order valence-electron chi connectivity index (χ3n) is 3.93. The number of nitrogens with zero attached hydrogens (tertiary/aromatic N) is 1. The van der Waals surface area contributed by atoms with Crippen LogP contribution in [0.4, 0.5) is 5.82 Å². The van der Waals surface area contributed by atoms with Crippen LogP contribution in [-0.4, -0.2) is 34.2 Å². The molecule has 0 saturated carbocycles. The van der Waals surface area contributed by atoms with Crippen LogP contribution in [0, 0.1) is 5.92 Å². The number of anilines is 1. The van der Waals surface area contributed by atoms with Gasteiger partial charge in [0.05, 0.1) is 0 Å². The molecule has 0 fully saturated rings. The lowest BCUT2D eigenvalue weighted by Crippen LogP contribution is -2.48. The Hall–Kier alpha value is -2.67. The molecule has 0 aliphatic rings. The molecule has 2 rings (SSSR count). The number of hydrogen-bond donors (Lipinski definition) is 3. The van der Waals surface area contributed by atoms with Crippen molar-refractivity contribution in [3.8, 4) is 11.3 Å². The summed E-state index contributed by atoms with van der Waals surface area (Å²) in [5, 5.41) is 18.9. The van der Waals surface area contributed by atoms with Gasteiger partial charge in [-0.05, 0) is 12.3 Å². The fourth-order valence-electron chi connectivity index (χ4n) is 2.40. The van der Waals surface area contributed by atoms with Crippen molar-refractivity contribution in [3.63, 3.8) is 0 Å². The van der Waals surface area contributed by atoms with E-state index in [9.17, 15) is 14.7 Å². The van der Waals surface area contributed by atoms with Gasteiger partial charge in [-0.1, -0.05) is 62.7 Å². The van der Waals surface area contributed by atoms with Crippen molar-refractivity contribution < 1.29 is 19.2 Å². The first-order valence-electron chi connectivity index (χ1n) is 8.73. The molecule has 2 atom stereocenters. The quantitative estimate of drug-likeness (QED) is 0.672. The van der Waals surface area contributed by atoms with Gasteiger partial charge in [-0.2, -0.15) is 0 Å². The van der Waals surface area contributed by atoms with Crippen LogP contribution in [-0.2, 0) is 9.59 Å². The number of carbonyl (C=O) groups excluding carboxylic acids is 2. The van der Waals surface area contributed by atoms with E-state index in [0.717, 1.165) is 5.56 Å². The SMILES string of the molecule is CCCC(NC(=O)C(O)C(C)C)C(=O)Nc1cc(-c2ccccc2)on1. The van der Waals surface area contributed by atoms with E-state index in [2.05, 4.69) is 15.8 Å². The number of rotatable bonds is 8. The summed E-state index contributed by atoms with van der Waals surface area (Å²) in [6.07, 6.45) is -0.00499. The monoisotopic (exact) mass is 359 g/mol. The lowest BCUT2D eigenvalue weighted by atomic mass is 10.1. The van der Waals surface area contributed by atoms with Gasteiger partial charge in [0, 0.05) is 11.6 Å². The Kier molecular flexibility index (Phi) is 6.91. The van der Waals surface area contributed by atoms with Gasteiger partial charge < -0.3 is 20.3 Å². The first-order valence-corrected chi connectivity index (χ1v) is 8.73. The van der Waals surface area contributed by atoms with Crippen LogP contribution in [0.15, 0.2) is 40.9 Å². The molecular weight excluding hydrogens is 334 g/mol. The van der Waals surface area contributed by atoms with Crippen molar-refractivity contribution in [3.05, 3.63) is 36.4 Å². The highest BCUT2D eigenvalue weighted by atomic mass is 16.5. The molecule has 140 valence electrons. The van der Waals surface area contributed by atoms with Crippen LogP contribution in [0.3, 0.4) is 0 Å². The van der Waals surface area contributed by atoms with E-state index in [1.165, 1.54) is 0 Å². The van der Waals surface area contributed by atoms with Crippen molar-refractivity contribution >= 4 is 17.6 Å². The Balaban J connectivity index is 2.03. The molecule has 7 heteroatoms. The van der Waals surface area contributed by atoms with E-state index >= 15 is 0 Å². The largest absolute Gasteiger partial charge is 0.383 e. The second-order valence-corrected chi connectivity index (χ2v) is 6.47. The lowest BCUT2D eigenvalue weighted by molar-refractivity contribution is -0.134. The number of hydrogen-bond acceptors (Lipinski definition) is 5. The van der Waals surface area contributed by atoms with Crippen molar-refractivity contribution in [2.45, 2.75) is 45.8 Å². The predicted octanol–water partition coefficient (Wildman–Crippen LogP) is 2.58. The highest BCUT2D eigenvalue weighted by Crippen LogP contribution is 2.22. The maximum atomic E-state index is 12.5. The minimum atomic E-state index is -1.15. The molecule has 0 aliphatic heterocycles. The van der Waals surface area contributed by atoms with Gasteiger partial charge in [0.2, 0.25) is 11.8 Å². The first kappa shape index (κ1) is 19.7. The maximum Gasteiger partial charge on any atom is 0.249 e. The van der Waals surface area contributed by atoms with E-state index in [1.54, 1.807) is 19.9 Å². The number of amides is 2. The fourth-order valence-corrected chi connectivity index (χ4v) is 2.40. The zero-order valence-electron chi connectivity index (χ0n) is 15.2. The summed E-state index contributed by atoms with van der Waals surface area (Å²) in [5.74, 6) is -0.382. The van der Waals surface area contributed by atoms with Gasteiger partial charge in [0.25, 0.3) is 0 Å². The number of aliphatic hydroxyl groups is 1. The lowest BCUT2D eigenvalue weighted by Gasteiger charge is -2.20. The molecule has 0 bridgehead atoms. The molecule has 2 unspecified atom stereocenters. The van der Waals surface area contributed by atoms with Gasteiger partial charge in [0.15, 0.2) is 11.6 Å². The van der Waals surface area contributed by atoms with Crippen molar-refractivity contribution in [1.82, 2.24) is 10.5 Å². The van der Waals surface area contributed by atoms with Crippen molar-refractivity contribution in [2.24, 2.45) is 5.92 Å². The van der Waals surface area contributed by atoms with Crippen molar-refractivity contribution in [1.29, 1.82) is 0 Å². The average molecular weight is 359 g/mol. The van der Waals surface area contributed by atoms with Crippen LogP contribution in [0.2, 0.25) is 0 Å². The molecule has 7 nitrogen and oxygen atoms in total. The van der Waals surface area contributed by atoms with E-state index in [-0.39, 0.29) is 11.7 Å². The second-order valence-electron chi connectivity index (χ2n) is 6.47. The van der Waals surface area contributed by atoms with Crippen LogP contribution in [0.5, 0.6) is 0 Å². The number of carbonyl (C=O) groups is 2. The summed E-state index contributed by atoms with van der Waals surface area (Å²) in [7, 11) is 0. The highest BCUT2D eigenvalue weighted by molar-refractivity contribution is 5.97. The molecule has 0 radical (unpaired) electrons. The highest BCUT2D eigenvalue weighted by Gasteiger charge is 2.26. The smallest absolute Gasteiger partial charge is 0.249 e. The summed E-state index contributed by atoms with van der Waals surface area (Å²) in [6, 6.07) is 10.3. The van der Waals surface area contributed by atoms with Crippen LogP contribution < -0.4 is 10.6 Å². The topological polar surface area (TPSA) is 104 Å². The van der Waals surface area contributed by atoms with Crippen LogP contribution in [0.25, 0.3) is 11.3 Å². The summed E-state index contributed by atoms with van der Waals surface area (Å²) in [6.45, 7) is 5.38. The number of aliphatic hydroxyl groups excluding tert-OH is 1. The molecule has 0 aliphatic carbocycles. The van der Waals surface area contributed by atoms with Gasteiger partial charge in [0.1, 0.15) is 12.1 Å². The average Bonchev–Trinajstić information content (AvgIpc) is 3.09. The molecule has 26 heavy (non-hydrogen) atoms. The number of benzene rings is 1. The van der Waals surface area contributed by atoms with Gasteiger partial charge in [-0.15, -0.1) is 0 Å². The molecule has 1 aromatic carbocycles. The van der Waals surface area contributed by atoms with Gasteiger partial charge in [-0.3, -0.25) is 9.59 Å². The minimum Gasteiger partial charge on any atom is -0.383 e. The van der Waals surface area contributed by atoms with Gasteiger partial charge in [-0.25, -0.2) is 0 Å². The molecule has 1 aromatic heterocycles. The summed E-state index contributed by atoms with van der Waals surface area (Å²) in [5.41, 5.74) is 0.846. The van der Waals surface area contributed by atoms with Crippen LogP contribution >= 0.6 is 0 Å². The fraction of sp³-hybridized carbons (Fsp3) is 0.421. The Morgan fingerprint density at radius 3 is 2.50 bits per heavy atom. The molecular formula is C19H25N3O4. The molecule has 1 heterocycles. The van der Waals surface area contributed by atoms with E-state index in [1.807, 2.05) is 37.3 Å². The first-order chi connectivity index (χ1) is 12.4. The molecule has 0 saturated heterocycles. The Morgan fingerprint density at radius 1 is 1.19 bits per heavy atom. The number of nitrogens with one attached hydrogen (secondary N) is 2. The van der Waals surface area contributed by atoms with E-state index in [0.29, 0.717) is 18.6 Å². The Morgan fingerprint density at radius 2 is 1.88 bits per heavy atom. The third kappa shape index (κ3) is 5.16. The van der Waals surface area contributed by atoms with Crippen LogP contribution in [0.1, 0.15) is 33.6 Å². The predicted molar refractivity (Wildman–Crippen MR) is 98.3 cm³/mol. The van der Waals surface area contributed by atoms with E-state index < -0.39 is 24.0 Å². The minimum absolute atomic E-state index is 0.232. The molecule has 0 spiro atoms. The summed E-state index contributed by atoms with van der Waals surface area (Å²) in [4.78, 5) is 24.5. The standard InChI is InChI=1S/C19H25N3O4/c1-4-8-14(20-19(25)17(23)12(2)3)18(24)21-16-11-15(26-22-16)13-9-6-5-7-10-13/h5-7,9-12,14,17,23H,4,8H2,1-3H3,(H,20,25)(H,21,22,24). The second kappa shape index (κ2) is 9.15. The summed E-state index contributed by atoms with van der Waals surface area (Å²) < 4.78 is 5.25. The molecule has 2 aromatic rings. The third-order valence-corrected chi connectivity index (χ3v) is 3.93. The molecule has 3 N–H and O–H groups in total. The van der Waals surface area contributed by atoms with E-state index in [4.69, 9.17) is 4.52 Å². The Labute approximate surface area is 152 Å². The molecule has 2 amide bonds. The summed E-state index contributed by atoms with van der Waals surface area (Å²) >= 11 is 0. The number of aromatic nitrogens is 1.